The van der Waals surface area contributed by atoms with Gasteiger partial charge in [0.05, 0.1) is 53.6 Å². The molecule has 0 saturated carbocycles. The van der Waals surface area contributed by atoms with Crippen molar-refractivity contribution in [2.24, 2.45) is 5.92 Å². The fourth-order valence-electron chi connectivity index (χ4n) is 7.66. The van der Waals surface area contributed by atoms with Crippen LogP contribution in [-0.2, 0) is 35.6 Å². The number of carbonyl (C=O) groups is 2. The molecule has 262 valence electrons. The second-order valence-electron chi connectivity index (χ2n) is 14.0. The van der Waals surface area contributed by atoms with Crippen LogP contribution >= 0.6 is 22.9 Å². The molecule has 5 aromatic rings. The van der Waals surface area contributed by atoms with Gasteiger partial charge in [0, 0.05) is 66.4 Å². The monoisotopic (exact) mass is 722 g/mol. The Morgan fingerprint density at radius 2 is 1.78 bits per heavy atom. The molecular weight excluding hydrogens is 684 g/mol. The lowest BCUT2D eigenvalue weighted by Gasteiger charge is -2.20. The average molecular weight is 723 g/mol. The number of benzene rings is 2. The van der Waals surface area contributed by atoms with Crippen molar-refractivity contribution in [1.82, 2.24) is 29.7 Å². The summed E-state index contributed by atoms with van der Waals surface area (Å²) in [6, 6.07) is 16.5. The number of rotatable bonds is 9. The first-order chi connectivity index (χ1) is 24.7. The summed E-state index contributed by atoms with van der Waals surface area (Å²) in [6.45, 7) is 6.84. The molecule has 2 fully saturated rings. The number of aromatic nitrogens is 3. The summed E-state index contributed by atoms with van der Waals surface area (Å²) in [4.78, 5) is 46.1. The maximum absolute atomic E-state index is 13.0. The molecule has 1 amide bonds. The van der Waals surface area contributed by atoms with E-state index < -0.39 is 5.97 Å². The molecule has 51 heavy (non-hydrogen) atoms. The minimum absolute atomic E-state index is 0.0811. The third-order valence-corrected chi connectivity index (χ3v) is 12.0. The van der Waals surface area contributed by atoms with Gasteiger partial charge in [0.1, 0.15) is 5.01 Å². The lowest BCUT2D eigenvalue weighted by Crippen LogP contribution is -2.37. The van der Waals surface area contributed by atoms with Crippen molar-refractivity contribution in [1.29, 1.82) is 0 Å². The van der Waals surface area contributed by atoms with E-state index >= 15 is 0 Å². The first-order valence-electron chi connectivity index (χ1n) is 17.4. The Labute approximate surface area is 305 Å². The SMILES string of the molecule is Cc1c(-c2nc3c(s2)CN(C(=O)CN2CC[C@H](O)C2)C3)cccc1-c1cccc(Cc2nccc3cc(CN4CC[C@@H](C(=O)O)C4)cnc23)c1Cl. The van der Waals surface area contributed by atoms with E-state index in [4.69, 9.17) is 26.6 Å². The largest absolute Gasteiger partial charge is 0.481 e. The van der Waals surface area contributed by atoms with Gasteiger partial charge in [-0.25, -0.2) is 4.98 Å². The number of nitrogens with zero attached hydrogens (tertiary/aromatic N) is 6. The molecule has 6 heterocycles. The maximum atomic E-state index is 13.0. The number of carboxylic acids is 1. The number of hydrogen-bond acceptors (Lipinski definition) is 9. The Kier molecular flexibility index (Phi) is 9.32. The molecule has 2 aromatic carbocycles. The summed E-state index contributed by atoms with van der Waals surface area (Å²) in [5.41, 5.74) is 8.79. The number of thiazole rings is 1. The van der Waals surface area contributed by atoms with Crippen molar-refractivity contribution in [3.8, 4) is 21.7 Å². The Bertz CT molecular complexity index is 2130. The standard InChI is InChI=1S/C39H39ClN6O4S/c1-23-29(5-3-6-30(23)38-43-33-20-46(21-34(33)51-38)35(48)22-45-13-10-28(47)19-45)31-7-2-4-25(36(31)40)15-32-37-26(8-11-41-32)14-24(16-42-37)17-44-12-9-27(18-44)39(49)50/h2-8,11,14,16,27-28,47H,9-10,12-13,15,17-22H2,1H3,(H,49,50)/t27-,28+/m1/s1. The minimum atomic E-state index is -0.725. The number of amides is 1. The van der Waals surface area contributed by atoms with Crippen molar-refractivity contribution in [3.05, 3.63) is 98.9 Å². The predicted molar refractivity (Wildman–Crippen MR) is 197 cm³/mol. The molecule has 10 nitrogen and oxygen atoms in total. The topological polar surface area (TPSA) is 123 Å². The van der Waals surface area contributed by atoms with Crippen LogP contribution in [-0.4, -0.2) is 90.6 Å². The van der Waals surface area contributed by atoms with E-state index in [2.05, 4.69) is 36.1 Å². The Morgan fingerprint density at radius 3 is 2.57 bits per heavy atom. The number of halogens is 1. The summed E-state index contributed by atoms with van der Waals surface area (Å²) in [7, 11) is 0. The molecule has 2 N–H and O–H groups in total. The number of hydrogen-bond donors (Lipinski definition) is 2. The summed E-state index contributed by atoms with van der Waals surface area (Å²) in [5, 5.41) is 21.8. The highest BCUT2D eigenvalue weighted by Crippen LogP contribution is 2.40. The van der Waals surface area contributed by atoms with E-state index in [0.717, 1.165) is 85.1 Å². The highest BCUT2D eigenvalue weighted by Gasteiger charge is 2.31. The van der Waals surface area contributed by atoms with Gasteiger partial charge in [-0.15, -0.1) is 11.3 Å². The molecule has 8 rings (SSSR count). The van der Waals surface area contributed by atoms with Gasteiger partial charge in [-0.3, -0.25) is 29.4 Å². The van der Waals surface area contributed by atoms with Crippen LogP contribution in [0.25, 0.3) is 32.6 Å². The third-order valence-electron chi connectivity index (χ3n) is 10.5. The molecule has 3 aromatic heterocycles. The van der Waals surface area contributed by atoms with Gasteiger partial charge in [-0.05, 0) is 60.7 Å². The predicted octanol–water partition coefficient (Wildman–Crippen LogP) is 5.79. The lowest BCUT2D eigenvalue weighted by atomic mass is 9.94. The molecule has 0 unspecified atom stereocenters. The van der Waals surface area contributed by atoms with Crippen LogP contribution in [0.3, 0.4) is 0 Å². The zero-order chi connectivity index (χ0) is 35.2. The molecule has 2 saturated heterocycles. The van der Waals surface area contributed by atoms with E-state index in [-0.39, 0.29) is 17.9 Å². The number of pyridine rings is 2. The molecule has 12 heteroatoms. The van der Waals surface area contributed by atoms with Crippen molar-refractivity contribution < 1.29 is 19.8 Å². The van der Waals surface area contributed by atoms with E-state index in [9.17, 15) is 19.8 Å². The van der Waals surface area contributed by atoms with E-state index in [1.54, 1.807) is 11.3 Å². The molecule has 2 atom stereocenters. The molecule has 3 aliphatic rings. The van der Waals surface area contributed by atoms with Crippen molar-refractivity contribution in [3.63, 3.8) is 0 Å². The van der Waals surface area contributed by atoms with Gasteiger partial charge in [-0.2, -0.15) is 0 Å². The lowest BCUT2D eigenvalue weighted by molar-refractivity contribution is -0.141. The van der Waals surface area contributed by atoms with E-state index in [1.807, 2.05) is 46.5 Å². The van der Waals surface area contributed by atoms with Crippen molar-refractivity contribution >= 4 is 45.7 Å². The fraction of sp³-hybridized carbons (Fsp3) is 0.359. The van der Waals surface area contributed by atoms with Crippen LogP contribution in [0, 0.1) is 12.8 Å². The fourth-order valence-corrected chi connectivity index (χ4v) is 9.12. The zero-order valence-electron chi connectivity index (χ0n) is 28.4. The van der Waals surface area contributed by atoms with Crippen molar-refractivity contribution in [2.45, 2.75) is 51.9 Å². The molecular formula is C39H39ClN6O4S. The van der Waals surface area contributed by atoms with E-state index in [1.165, 1.54) is 0 Å². The van der Waals surface area contributed by atoms with Crippen LogP contribution < -0.4 is 0 Å². The van der Waals surface area contributed by atoms with Gasteiger partial charge in [0.25, 0.3) is 0 Å². The van der Waals surface area contributed by atoms with Crippen LogP contribution in [0.2, 0.25) is 5.02 Å². The number of aliphatic carboxylic acids is 1. The second kappa shape index (κ2) is 14.0. The van der Waals surface area contributed by atoms with Gasteiger partial charge in [-0.1, -0.05) is 48.0 Å². The van der Waals surface area contributed by atoms with E-state index in [0.29, 0.717) is 57.1 Å². The first-order valence-corrected chi connectivity index (χ1v) is 18.6. The highest BCUT2D eigenvalue weighted by atomic mass is 35.5. The van der Waals surface area contributed by atoms with Crippen LogP contribution in [0.1, 0.15) is 45.8 Å². The summed E-state index contributed by atoms with van der Waals surface area (Å²) >= 11 is 8.83. The molecule has 0 bridgehead atoms. The molecule has 0 aliphatic carbocycles. The first kappa shape index (κ1) is 33.9. The van der Waals surface area contributed by atoms with Gasteiger partial charge >= 0.3 is 5.97 Å². The summed E-state index contributed by atoms with van der Waals surface area (Å²) in [6.07, 6.45) is 5.27. The van der Waals surface area contributed by atoms with Gasteiger partial charge in [0.2, 0.25) is 5.91 Å². The average Bonchev–Trinajstić information content (AvgIpc) is 3.91. The Hall–Kier alpha value is -4.26. The van der Waals surface area contributed by atoms with Gasteiger partial charge in [0.15, 0.2) is 0 Å². The molecule has 0 radical (unpaired) electrons. The molecule has 0 spiro atoms. The quantitative estimate of drug-likeness (QED) is 0.195. The van der Waals surface area contributed by atoms with Crippen molar-refractivity contribution in [2.75, 3.05) is 32.7 Å². The summed E-state index contributed by atoms with van der Waals surface area (Å²) in [5.74, 6) is -0.949. The molecule has 3 aliphatic heterocycles. The van der Waals surface area contributed by atoms with Gasteiger partial charge < -0.3 is 15.1 Å². The smallest absolute Gasteiger partial charge is 0.307 e. The minimum Gasteiger partial charge on any atom is -0.481 e. The Morgan fingerprint density at radius 1 is 0.980 bits per heavy atom. The highest BCUT2D eigenvalue weighted by molar-refractivity contribution is 7.15. The number of aliphatic hydroxyl groups is 1. The number of β-amino-alcohol motifs (C(OH)–C–C–N with tert-alkyl or cyclic N) is 1. The number of carbonyl (C=O) groups excluding carboxylic acids is 1. The number of carboxylic acid groups (broad SMARTS) is 1. The number of aliphatic hydroxyl groups excluding tert-OH is 1. The van der Waals surface area contributed by atoms with Crippen LogP contribution in [0.5, 0.6) is 0 Å². The summed E-state index contributed by atoms with van der Waals surface area (Å²) < 4.78 is 0. The Balaban J connectivity index is 0.990. The maximum Gasteiger partial charge on any atom is 0.307 e. The van der Waals surface area contributed by atoms with Crippen LogP contribution in [0.4, 0.5) is 0 Å². The number of fused-ring (bicyclic) bond motifs is 2. The normalized spacial score (nSPS) is 19.3. The zero-order valence-corrected chi connectivity index (χ0v) is 30.0. The van der Waals surface area contributed by atoms with Crippen LogP contribution in [0.15, 0.2) is 60.9 Å². The second-order valence-corrected chi connectivity index (χ2v) is 15.4. The third kappa shape index (κ3) is 6.88. The number of likely N-dealkylation sites (tertiary alicyclic amines) is 2.